The van der Waals surface area contributed by atoms with Crippen molar-refractivity contribution in [1.29, 1.82) is 0 Å². The molecule has 0 aromatic carbocycles. The zero-order chi connectivity index (χ0) is 14.8. The second-order valence-corrected chi connectivity index (χ2v) is 4.96. The van der Waals surface area contributed by atoms with E-state index in [1.165, 1.54) is 11.2 Å². The molecular formula is C13H15N5O3. The number of aromatic amines is 1. The molecule has 1 unspecified atom stereocenters. The number of hydrogen-bond donors (Lipinski definition) is 2. The third kappa shape index (κ3) is 2.64. The van der Waals surface area contributed by atoms with Crippen LogP contribution in [-0.4, -0.2) is 47.4 Å². The van der Waals surface area contributed by atoms with Crippen molar-refractivity contribution in [3.05, 3.63) is 36.4 Å². The molecule has 2 N–H and O–H groups in total. The average Bonchev–Trinajstić information content (AvgIpc) is 3.13. The first-order valence-corrected chi connectivity index (χ1v) is 6.64. The average molecular weight is 289 g/mol. The lowest BCUT2D eigenvalue weighted by molar-refractivity contribution is -0.151. The van der Waals surface area contributed by atoms with Crippen molar-refractivity contribution in [3.63, 3.8) is 0 Å². The summed E-state index contributed by atoms with van der Waals surface area (Å²) in [6, 6.07) is -0.851. The summed E-state index contributed by atoms with van der Waals surface area (Å²) in [6.07, 6.45) is 7.05. The fourth-order valence-electron chi connectivity index (χ4n) is 2.51. The minimum atomic E-state index is -1.00. The van der Waals surface area contributed by atoms with Crippen molar-refractivity contribution in [2.45, 2.75) is 32.0 Å². The zero-order valence-electron chi connectivity index (χ0n) is 11.3. The zero-order valence-corrected chi connectivity index (χ0v) is 11.3. The molecule has 0 radical (unpaired) electrons. The SMILES string of the molecule is O=C(O)C1Cc2nc[nH]c2CN1C(=O)CCn1ccnc1. The Labute approximate surface area is 120 Å². The Morgan fingerprint density at radius 3 is 3.05 bits per heavy atom. The van der Waals surface area contributed by atoms with Gasteiger partial charge in [0.25, 0.3) is 0 Å². The molecule has 0 spiro atoms. The number of nitrogens with zero attached hydrogens (tertiary/aromatic N) is 4. The molecule has 1 atom stereocenters. The van der Waals surface area contributed by atoms with Gasteiger partial charge in [0.2, 0.25) is 5.91 Å². The number of fused-ring (bicyclic) bond motifs is 1. The van der Waals surface area contributed by atoms with Crippen molar-refractivity contribution in [2.75, 3.05) is 0 Å². The lowest BCUT2D eigenvalue weighted by Crippen LogP contribution is -2.48. The summed E-state index contributed by atoms with van der Waals surface area (Å²) in [5, 5.41) is 9.33. The van der Waals surface area contributed by atoms with Gasteiger partial charge in [-0.25, -0.2) is 14.8 Å². The number of aliphatic carboxylic acids is 1. The smallest absolute Gasteiger partial charge is 0.326 e. The first kappa shape index (κ1) is 13.3. The molecule has 21 heavy (non-hydrogen) atoms. The number of carbonyl (C=O) groups is 2. The second-order valence-electron chi connectivity index (χ2n) is 4.96. The maximum absolute atomic E-state index is 12.3. The van der Waals surface area contributed by atoms with Gasteiger partial charge in [0.15, 0.2) is 0 Å². The van der Waals surface area contributed by atoms with Crippen LogP contribution in [0.2, 0.25) is 0 Å². The number of carboxylic acids is 1. The maximum Gasteiger partial charge on any atom is 0.326 e. The molecule has 8 heteroatoms. The Bertz CT molecular complexity index is 649. The van der Waals surface area contributed by atoms with Crippen LogP contribution >= 0.6 is 0 Å². The Kier molecular flexibility index (Phi) is 3.43. The lowest BCUT2D eigenvalue weighted by atomic mass is 10.0. The van der Waals surface area contributed by atoms with Gasteiger partial charge >= 0.3 is 5.97 Å². The fraction of sp³-hybridized carbons (Fsp3) is 0.385. The summed E-state index contributed by atoms with van der Waals surface area (Å²) in [5.74, 6) is -1.18. The topological polar surface area (TPSA) is 104 Å². The Balaban J connectivity index is 1.72. The van der Waals surface area contributed by atoms with Crippen LogP contribution in [0.4, 0.5) is 0 Å². The van der Waals surface area contributed by atoms with E-state index in [4.69, 9.17) is 0 Å². The quantitative estimate of drug-likeness (QED) is 0.826. The van der Waals surface area contributed by atoms with Gasteiger partial charge in [-0.05, 0) is 0 Å². The van der Waals surface area contributed by atoms with Gasteiger partial charge in [0.1, 0.15) is 6.04 Å². The van der Waals surface area contributed by atoms with Gasteiger partial charge in [-0.2, -0.15) is 0 Å². The van der Waals surface area contributed by atoms with Gasteiger partial charge in [0, 0.05) is 31.8 Å². The minimum Gasteiger partial charge on any atom is -0.480 e. The van der Waals surface area contributed by atoms with Gasteiger partial charge < -0.3 is 19.6 Å². The summed E-state index contributed by atoms with van der Waals surface area (Å²) in [6.45, 7) is 0.743. The van der Waals surface area contributed by atoms with Crippen LogP contribution in [-0.2, 0) is 29.1 Å². The molecular weight excluding hydrogens is 274 g/mol. The molecule has 1 aliphatic heterocycles. The molecule has 0 aliphatic carbocycles. The first-order valence-electron chi connectivity index (χ1n) is 6.64. The van der Waals surface area contributed by atoms with Crippen LogP contribution in [0.3, 0.4) is 0 Å². The van der Waals surface area contributed by atoms with Crippen LogP contribution in [0.25, 0.3) is 0 Å². The summed E-state index contributed by atoms with van der Waals surface area (Å²) < 4.78 is 1.79. The van der Waals surface area contributed by atoms with Crippen LogP contribution in [0, 0.1) is 0 Å². The molecule has 1 aliphatic rings. The number of rotatable bonds is 4. The van der Waals surface area contributed by atoms with E-state index in [0.29, 0.717) is 6.54 Å². The van der Waals surface area contributed by atoms with E-state index in [2.05, 4.69) is 15.0 Å². The highest BCUT2D eigenvalue weighted by molar-refractivity contribution is 5.84. The maximum atomic E-state index is 12.3. The normalized spacial score (nSPS) is 17.5. The van der Waals surface area contributed by atoms with E-state index >= 15 is 0 Å². The number of amides is 1. The van der Waals surface area contributed by atoms with Crippen molar-refractivity contribution < 1.29 is 14.7 Å². The van der Waals surface area contributed by atoms with Crippen LogP contribution < -0.4 is 0 Å². The van der Waals surface area contributed by atoms with Crippen LogP contribution in [0.1, 0.15) is 17.8 Å². The van der Waals surface area contributed by atoms with E-state index in [0.717, 1.165) is 11.4 Å². The minimum absolute atomic E-state index is 0.184. The highest BCUT2D eigenvalue weighted by Gasteiger charge is 2.35. The van der Waals surface area contributed by atoms with Gasteiger partial charge in [0.05, 0.1) is 30.6 Å². The number of aromatic nitrogens is 4. The molecule has 3 rings (SSSR count). The number of nitrogens with one attached hydrogen (secondary N) is 1. The third-order valence-corrected chi connectivity index (χ3v) is 3.65. The van der Waals surface area contributed by atoms with Crippen LogP contribution in [0.15, 0.2) is 25.0 Å². The highest BCUT2D eigenvalue weighted by Crippen LogP contribution is 2.21. The van der Waals surface area contributed by atoms with Gasteiger partial charge in [-0.15, -0.1) is 0 Å². The standard InChI is InChI=1S/C13H15N5O3/c19-12(1-3-17-4-2-14-8-17)18-6-10-9(15-7-16-10)5-11(18)13(20)21/h2,4,7-8,11H,1,3,5-6H2,(H,15,16)(H,20,21). The summed E-state index contributed by atoms with van der Waals surface area (Å²) in [5.41, 5.74) is 1.53. The van der Waals surface area contributed by atoms with E-state index in [1.54, 1.807) is 23.3 Å². The van der Waals surface area contributed by atoms with Gasteiger partial charge in [-0.3, -0.25) is 4.79 Å². The van der Waals surface area contributed by atoms with E-state index in [1.807, 2.05) is 0 Å². The van der Waals surface area contributed by atoms with E-state index in [9.17, 15) is 14.7 Å². The molecule has 0 fully saturated rings. The monoisotopic (exact) mass is 289 g/mol. The molecule has 0 saturated carbocycles. The van der Waals surface area contributed by atoms with Gasteiger partial charge in [-0.1, -0.05) is 0 Å². The number of carbonyl (C=O) groups excluding carboxylic acids is 1. The number of H-pyrrole nitrogens is 1. The molecule has 0 saturated heterocycles. The summed E-state index contributed by atoms with van der Waals surface area (Å²) >= 11 is 0. The molecule has 8 nitrogen and oxygen atoms in total. The molecule has 3 heterocycles. The molecule has 2 aromatic rings. The van der Waals surface area contributed by atoms with E-state index < -0.39 is 12.0 Å². The summed E-state index contributed by atoms with van der Waals surface area (Å²) in [4.78, 5) is 36.1. The number of carboxylic acid groups (broad SMARTS) is 1. The molecule has 2 aromatic heterocycles. The van der Waals surface area contributed by atoms with Crippen molar-refractivity contribution >= 4 is 11.9 Å². The summed E-state index contributed by atoms with van der Waals surface area (Å²) in [7, 11) is 0. The Hall–Kier alpha value is -2.64. The third-order valence-electron chi connectivity index (χ3n) is 3.65. The lowest BCUT2D eigenvalue weighted by Gasteiger charge is -2.32. The molecule has 110 valence electrons. The number of aryl methyl sites for hydroxylation is 1. The Morgan fingerprint density at radius 2 is 2.33 bits per heavy atom. The number of imidazole rings is 2. The van der Waals surface area contributed by atoms with Crippen molar-refractivity contribution in [1.82, 2.24) is 24.4 Å². The number of hydrogen-bond acceptors (Lipinski definition) is 4. The fourth-order valence-corrected chi connectivity index (χ4v) is 2.51. The predicted molar refractivity (Wildman–Crippen MR) is 71.1 cm³/mol. The first-order chi connectivity index (χ1) is 10.1. The van der Waals surface area contributed by atoms with Crippen molar-refractivity contribution in [2.24, 2.45) is 0 Å². The second kappa shape index (κ2) is 5.39. The van der Waals surface area contributed by atoms with Crippen molar-refractivity contribution in [3.8, 4) is 0 Å². The molecule has 0 bridgehead atoms. The molecule has 1 amide bonds. The van der Waals surface area contributed by atoms with E-state index in [-0.39, 0.29) is 25.3 Å². The largest absolute Gasteiger partial charge is 0.480 e. The van der Waals surface area contributed by atoms with Crippen LogP contribution in [0.5, 0.6) is 0 Å². The Morgan fingerprint density at radius 1 is 1.48 bits per heavy atom. The highest BCUT2D eigenvalue weighted by atomic mass is 16.4. The predicted octanol–water partition coefficient (Wildman–Crippen LogP) is 0.0344.